The largest absolute Gasteiger partial charge is 0.497 e. The van der Waals surface area contributed by atoms with Gasteiger partial charge in [-0.1, -0.05) is 0 Å². The van der Waals surface area contributed by atoms with Gasteiger partial charge < -0.3 is 20.1 Å². The van der Waals surface area contributed by atoms with Gasteiger partial charge >= 0.3 is 0 Å². The van der Waals surface area contributed by atoms with Gasteiger partial charge in [-0.05, 0) is 30.2 Å². The highest BCUT2D eigenvalue weighted by Gasteiger charge is 2.21. The molecule has 21 heavy (non-hydrogen) atoms. The monoisotopic (exact) mass is 312 g/mol. The van der Waals surface area contributed by atoms with E-state index in [0.717, 1.165) is 18.5 Å². The van der Waals surface area contributed by atoms with E-state index in [1.54, 1.807) is 37.3 Å². The Morgan fingerprint density at radius 1 is 1.29 bits per heavy atom. The van der Waals surface area contributed by atoms with Gasteiger partial charge in [0.15, 0.2) is 0 Å². The third-order valence-corrected chi connectivity index (χ3v) is 3.33. The smallest absolute Gasteiger partial charge is 0.246 e. The Morgan fingerprint density at radius 3 is 2.38 bits per heavy atom. The molecule has 2 rings (SSSR count). The lowest BCUT2D eigenvalue weighted by Crippen LogP contribution is -2.30. The van der Waals surface area contributed by atoms with Crippen molar-refractivity contribution in [1.29, 1.82) is 0 Å². The van der Waals surface area contributed by atoms with Crippen LogP contribution in [0.3, 0.4) is 0 Å². The zero-order valence-corrected chi connectivity index (χ0v) is 13.1. The minimum Gasteiger partial charge on any atom is -0.497 e. The summed E-state index contributed by atoms with van der Waals surface area (Å²) in [5.41, 5.74) is 6.65. The van der Waals surface area contributed by atoms with E-state index in [1.165, 1.54) is 0 Å². The Hall–Kier alpha value is -1.72. The molecule has 0 bridgehead atoms. The summed E-state index contributed by atoms with van der Waals surface area (Å²) in [6.45, 7) is 1.36. The lowest BCUT2D eigenvalue weighted by Gasteiger charge is -2.12. The zero-order chi connectivity index (χ0) is 14.5. The number of likely N-dealkylation sites (tertiary alicyclic amines) is 1. The number of methoxy groups -OCH3 is 2. The van der Waals surface area contributed by atoms with Gasteiger partial charge in [-0.3, -0.25) is 4.79 Å². The molecule has 0 aliphatic carbocycles. The molecule has 1 aliphatic rings. The fraction of sp³-hybridized carbons (Fsp3) is 0.400. The molecule has 116 valence electrons. The molecular weight excluding hydrogens is 292 g/mol. The number of carbonyl (C=O) groups excluding carboxylic acids is 1. The summed E-state index contributed by atoms with van der Waals surface area (Å²) in [6.07, 6.45) is 4.19. The van der Waals surface area contributed by atoms with Crippen molar-refractivity contribution >= 4 is 24.4 Å². The number of ether oxygens (including phenoxy) is 2. The van der Waals surface area contributed by atoms with Crippen LogP contribution in [0.2, 0.25) is 0 Å². The van der Waals surface area contributed by atoms with E-state index in [0.29, 0.717) is 18.0 Å². The molecule has 0 saturated carbocycles. The molecule has 1 aromatic rings. The first-order valence-electron chi connectivity index (χ1n) is 6.58. The number of amides is 1. The van der Waals surface area contributed by atoms with Gasteiger partial charge in [0.2, 0.25) is 5.91 Å². The maximum Gasteiger partial charge on any atom is 0.246 e. The van der Waals surface area contributed by atoms with Crippen molar-refractivity contribution in [2.45, 2.75) is 12.5 Å². The van der Waals surface area contributed by atoms with Gasteiger partial charge in [-0.25, -0.2) is 0 Å². The molecule has 1 heterocycles. The predicted octanol–water partition coefficient (Wildman–Crippen LogP) is 1.70. The third kappa shape index (κ3) is 4.65. The second-order valence-corrected chi connectivity index (χ2v) is 4.81. The Bertz CT molecular complexity index is 497. The number of hydrogen-bond acceptors (Lipinski definition) is 4. The van der Waals surface area contributed by atoms with E-state index in [4.69, 9.17) is 15.2 Å². The van der Waals surface area contributed by atoms with Gasteiger partial charge in [0.1, 0.15) is 11.5 Å². The van der Waals surface area contributed by atoms with Crippen LogP contribution in [0.15, 0.2) is 24.3 Å². The number of hydrogen-bond donors (Lipinski definition) is 1. The van der Waals surface area contributed by atoms with Crippen molar-refractivity contribution in [3.8, 4) is 11.5 Å². The van der Waals surface area contributed by atoms with Crippen LogP contribution < -0.4 is 15.2 Å². The summed E-state index contributed by atoms with van der Waals surface area (Å²) >= 11 is 0. The first-order chi connectivity index (χ1) is 9.62. The van der Waals surface area contributed by atoms with Crippen LogP contribution in [0, 0.1) is 0 Å². The molecule has 2 N–H and O–H groups in total. The van der Waals surface area contributed by atoms with Crippen molar-refractivity contribution in [2.24, 2.45) is 5.73 Å². The maximum atomic E-state index is 12.0. The van der Waals surface area contributed by atoms with Crippen LogP contribution >= 0.6 is 12.4 Å². The minimum absolute atomic E-state index is 0. The molecule has 0 aromatic heterocycles. The van der Waals surface area contributed by atoms with E-state index >= 15 is 0 Å². The van der Waals surface area contributed by atoms with Gasteiger partial charge in [0, 0.05) is 31.3 Å². The summed E-state index contributed by atoms with van der Waals surface area (Å²) in [6, 6.07) is 5.59. The highest BCUT2D eigenvalue weighted by atomic mass is 35.5. The quantitative estimate of drug-likeness (QED) is 0.859. The van der Waals surface area contributed by atoms with Crippen molar-refractivity contribution in [3.63, 3.8) is 0 Å². The van der Waals surface area contributed by atoms with Gasteiger partial charge in [0.05, 0.1) is 14.2 Å². The molecule has 1 amide bonds. The number of nitrogens with zero attached hydrogens (tertiary/aromatic N) is 1. The van der Waals surface area contributed by atoms with Crippen molar-refractivity contribution in [1.82, 2.24) is 4.90 Å². The number of rotatable bonds is 4. The number of benzene rings is 1. The van der Waals surface area contributed by atoms with Crippen LogP contribution in [0.1, 0.15) is 12.0 Å². The number of carbonyl (C=O) groups is 1. The van der Waals surface area contributed by atoms with E-state index < -0.39 is 0 Å². The fourth-order valence-corrected chi connectivity index (χ4v) is 2.19. The van der Waals surface area contributed by atoms with E-state index in [2.05, 4.69) is 0 Å². The molecule has 0 unspecified atom stereocenters. The first kappa shape index (κ1) is 17.3. The highest BCUT2D eigenvalue weighted by Crippen LogP contribution is 2.23. The van der Waals surface area contributed by atoms with Crippen LogP contribution in [-0.4, -0.2) is 44.2 Å². The second-order valence-electron chi connectivity index (χ2n) is 4.81. The van der Waals surface area contributed by atoms with Crippen LogP contribution in [0.5, 0.6) is 11.5 Å². The molecule has 0 spiro atoms. The zero-order valence-electron chi connectivity index (χ0n) is 12.2. The predicted molar refractivity (Wildman–Crippen MR) is 85.0 cm³/mol. The summed E-state index contributed by atoms with van der Waals surface area (Å²) in [7, 11) is 3.19. The molecular formula is C15H21ClN2O3. The van der Waals surface area contributed by atoms with E-state index in [1.807, 2.05) is 12.1 Å². The van der Waals surface area contributed by atoms with Crippen LogP contribution in [0.25, 0.3) is 6.08 Å². The van der Waals surface area contributed by atoms with Crippen LogP contribution in [0.4, 0.5) is 0 Å². The summed E-state index contributed by atoms with van der Waals surface area (Å²) in [5.74, 6) is 1.37. The van der Waals surface area contributed by atoms with Gasteiger partial charge in [0.25, 0.3) is 0 Å². The Labute approximate surface area is 131 Å². The number of nitrogens with two attached hydrogens (primary N) is 1. The number of halogens is 1. The molecule has 6 heteroatoms. The molecule has 5 nitrogen and oxygen atoms in total. The van der Waals surface area contributed by atoms with Crippen molar-refractivity contribution in [3.05, 3.63) is 29.8 Å². The Balaban J connectivity index is 0.00000220. The average Bonchev–Trinajstić information content (AvgIpc) is 2.91. The Morgan fingerprint density at radius 2 is 1.90 bits per heavy atom. The molecule has 1 aliphatic heterocycles. The SMILES string of the molecule is COc1cc(C=CC(=O)N2CC[C@@H](N)C2)cc(OC)c1.Cl. The second kappa shape index (κ2) is 7.90. The minimum atomic E-state index is -0.0141. The summed E-state index contributed by atoms with van der Waals surface area (Å²) in [4.78, 5) is 13.8. The van der Waals surface area contributed by atoms with Crippen LogP contribution in [-0.2, 0) is 4.79 Å². The first-order valence-corrected chi connectivity index (χ1v) is 6.58. The normalized spacial score (nSPS) is 17.7. The Kier molecular flexibility index (Phi) is 6.52. The summed E-state index contributed by atoms with van der Waals surface area (Å²) < 4.78 is 10.4. The average molecular weight is 313 g/mol. The van der Waals surface area contributed by atoms with E-state index in [-0.39, 0.29) is 24.4 Å². The van der Waals surface area contributed by atoms with Crippen molar-refractivity contribution in [2.75, 3.05) is 27.3 Å². The van der Waals surface area contributed by atoms with Gasteiger partial charge in [-0.15, -0.1) is 12.4 Å². The fourth-order valence-electron chi connectivity index (χ4n) is 2.19. The highest BCUT2D eigenvalue weighted by molar-refractivity contribution is 5.92. The lowest BCUT2D eigenvalue weighted by molar-refractivity contribution is -0.124. The van der Waals surface area contributed by atoms with Gasteiger partial charge in [-0.2, -0.15) is 0 Å². The molecule has 1 saturated heterocycles. The third-order valence-electron chi connectivity index (χ3n) is 3.33. The summed E-state index contributed by atoms with van der Waals surface area (Å²) in [5, 5.41) is 0. The maximum absolute atomic E-state index is 12.0. The molecule has 1 fully saturated rings. The van der Waals surface area contributed by atoms with Crippen molar-refractivity contribution < 1.29 is 14.3 Å². The van der Waals surface area contributed by atoms with E-state index in [9.17, 15) is 4.79 Å². The molecule has 1 aromatic carbocycles. The standard InChI is InChI=1S/C15H20N2O3.ClH/c1-19-13-7-11(8-14(9-13)20-2)3-4-15(18)17-6-5-12(16)10-17;/h3-4,7-9,12H,5-6,10,16H2,1-2H3;1H/t12-;/m1./s1. The lowest BCUT2D eigenvalue weighted by atomic mass is 10.2. The molecule has 1 atom stereocenters. The molecule has 0 radical (unpaired) electrons. The topological polar surface area (TPSA) is 64.8 Å².